The summed E-state index contributed by atoms with van der Waals surface area (Å²) in [6, 6.07) is 54.9. The zero-order chi connectivity index (χ0) is 45.5. The van der Waals surface area contributed by atoms with Crippen molar-refractivity contribution in [3.63, 3.8) is 0 Å². The number of hydrogen-bond donors (Lipinski definition) is 0. The summed E-state index contributed by atoms with van der Waals surface area (Å²) < 4.78 is 24.6. The van der Waals surface area contributed by atoms with Gasteiger partial charge in [-0.2, -0.15) is 0 Å². The van der Waals surface area contributed by atoms with Gasteiger partial charge in [-0.3, -0.25) is 0 Å². The molecule has 0 amide bonds. The van der Waals surface area contributed by atoms with E-state index in [2.05, 4.69) is 134 Å². The molecule has 326 valence electrons. The molecule has 1 aliphatic carbocycles. The van der Waals surface area contributed by atoms with Crippen LogP contribution in [0.5, 0.6) is 11.5 Å². The molecule has 10 aromatic rings. The maximum atomic E-state index is 11.6. The molecule has 0 unspecified atom stereocenters. The zero-order valence-electron chi connectivity index (χ0n) is 36.1. The van der Waals surface area contributed by atoms with E-state index in [0.717, 1.165) is 109 Å². The van der Waals surface area contributed by atoms with Crippen molar-refractivity contribution in [2.75, 3.05) is 26.4 Å². The van der Waals surface area contributed by atoms with Crippen molar-refractivity contribution in [3.8, 4) is 44.9 Å². The van der Waals surface area contributed by atoms with Gasteiger partial charge in [-0.05, 0) is 91.7 Å². The number of ether oxygens (including phenoxy) is 4. The van der Waals surface area contributed by atoms with E-state index in [1.165, 1.54) is 11.1 Å². The van der Waals surface area contributed by atoms with Crippen molar-refractivity contribution in [2.45, 2.75) is 5.41 Å². The van der Waals surface area contributed by atoms with Crippen molar-refractivity contribution < 1.29 is 28.5 Å². The fraction of sp³-hybridized carbons (Fsp3) is 0.0877. The number of esters is 2. The van der Waals surface area contributed by atoms with Crippen LogP contribution < -0.4 is 9.47 Å². The van der Waals surface area contributed by atoms with Crippen LogP contribution >= 0.6 is 22.7 Å². The van der Waals surface area contributed by atoms with Crippen LogP contribution in [0.15, 0.2) is 183 Å². The molecule has 2 aromatic heterocycles. The average molecular weight is 913 g/mol. The molecule has 1 aliphatic rings. The van der Waals surface area contributed by atoms with E-state index in [-0.39, 0.29) is 26.4 Å². The van der Waals surface area contributed by atoms with Crippen LogP contribution in [-0.2, 0) is 24.5 Å². The lowest BCUT2D eigenvalue weighted by Crippen LogP contribution is -2.28. The Labute approximate surface area is 394 Å². The third kappa shape index (κ3) is 7.31. The second-order valence-electron chi connectivity index (χ2n) is 16.0. The lowest BCUT2D eigenvalue weighted by atomic mass is 9.79. The van der Waals surface area contributed by atoms with Gasteiger partial charge in [0.1, 0.15) is 53.4 Å². The van der Waals surface area contributed by atoms with E-state index in [9.17, 15) is 9.59 Å². The predicted octanol–water partition coefficient (Wildman–Crippen LogP) is 13.1. The Balaban J connectivity index is 0.996. The maximum Gasteiger partial charge on any atom is 0.330 e. The number of fused-ring (bicyclic) bond motifs is 7. The molecule has 67 heavy (non-hydrogen) atoms. The van der Waals surface area contributed by atoms with Gasteiger partial charge in [-0.25, -0.2) is 19.6 Å². The quantitative estimate of drug-likeness (QED) is 0.0605. The van der Waals surface area contributed by atoms with Crippen molar-refractivity contribution in [2.24, 2.45) is 0 Å². The Morgan fingerprint density at radius 2 is 0.896 bits per heavy atom. The number of benzene rings is 8. The number of hydrogen-bond acceptors (Lipinski definition) is 10. The second-order valence-corrected chi connectivity index (χ2v) is 18.1. The van der Waals surface area contributed by atoms with Gasteiger partial charge in [0.15, 0.2) is 0 Å². The summed E-state index contributed by atoms with van der Waals surface area (Å²) in [5, 5.41) is 5.97. The fourth-order valence-corrected chi connectivity index (χ4v) is 11.8. The lowest BCUT2D eigenvalue weighted by molar-refractivity contribution is -0.139. The summed E-state index contributed by atoms with van der Waals surface area (Å²) in [5.41, 5.74) is 10.1. The van der Waals surface area contributed by atoms with Crippen molar-refractivity contribution in [1.82, 2.24) is 9.97 Å². The number of carbonyl (C=O) groups excluding carboxylic acids is 2. The summed E-state index contributed by atoms with van der Waals surface area (Å²) in [5.74, 6) is 0.487. The Hall–Kier alpha value is -7.92. The molecule has 0 fully saturated rings. The third-order valence-corrected chi connectivity index (χ3v) is 14.5. The highest BCUT2D eigenvalue weighted by Gasteiger charge is 2.50. The van der Waals surface area contributed by atoms with Crippen molar-refractivity contribution in [1.29, 1.82) is 0 Å². The van der Waals surface area contributed by atoms with Crippen LogP contribution in [0.1, 0.15) is 21.1 Å². The van der Waals surface area contributed by atoms with E-state index in [0.29, 0.717) is 0 Å². The molecular weight excluding hydrogens is 873 g/mol. The molecule has 0 bridgehead atoms. The third-order valence-electron chi connectivity index (χ3n) is 12.3. The molecular formula is C57H40N2O6S2. The first kappa shape index (κ1) is 41.8. The van der Waals surface area contributed by atoms with E-state index in [1.54, 1.807) is 22.7 Å². The minimum absolute atomic E-state index is 0.128. The first-order chi connectivity index (χ1) is 32.9. The van der Waals surface area contributed by atoms with Crippen LogP contribution in [0.2, 0.25) is 0 Å². The molecule has 10 heteroatoms. The van der Waals surface area contributed by atoms with E-state index in [4.69, 9.17) is 28.9 Å². The Morgan fingerprint density at radius 1 is 0.478 bits per heavy atom. The minimum Gasteiger partial charge on any atom is -0.489 e. The highest BCUT2D eigenvalue weighted by atomic mass is 32.1. The Morgan fingerprint density at radius 3 is 1.34 bits per heavy atom. The van der Waals surface area contributed by atoms with Crippen LogP contribution in [-0.4, -0.2) is 48.3 Å². The second kappa shape index (κ2) is 17.5. The molecule has 0 atom stereocenters. The van der Waals surface area contributed by atoms with E-state index >= 15 is 0 Å². The molecule has 0 aliphatic heterocycles. The van der Waals surface area contributed by atoms with Gasteiger partial charge in [0.05, 0.1) is 20.4 Å². The first-order valence-electron chi connectivity index (χ1n) is 21.8. The average Bonchev–Trinajstić information content (AvgIpc) is 4.09. The number of aromatic nitrogens is 2. The van der Waals surface area contributed by atoms with Crippen LogP contribution in [0.4, 0.5) is 0 Å². The lowest BCUT2D eigenvalue weighted by Gasteiger charge is -2.27. The van der Waals surface area contributed by atoms with Crippen LogP contribution in [0.3, 0.4) is 0 Å². The number of nitrogens with zero attached hydrogens (tertiary/aromatic N) is 2. The zero-order valence-corrected chi connectivity index (χ0v) is 37.7. The summed E-state index contributed by atoms with van der Waals surface area (Å²) in [4.78, 5) is 34.2. The summed E-state index contributed by atoms with van der Waals surface area (Å²) in [6.07, 6.45) is 2.29. The molecule has 8 aromatic carbocycles. The summed E-state index contributed by atoms with van der Waals surface area (Å²) in [7, 11) is 0. The van der Waals surface area contributed by atoms with Gasteiger partial charge in [-0.1, -0.05) is 134 Å². The Bertz CT molecular complexity index is 3370. The fourth-order valence-electron chi connectivity index (χ4n) is 9.30. The number of thiazole rings is 2. The number of carbonyl (C=O) groups is 2. The molecule has 0 saturated heterocycles. The summed E-state index contributed by atoms with van der Waals surface area (Å²) >= 11 is 3.43. The molecule has 8 nitrogen and oxygen atoms in total. The van der Waals surface area contributed by atoms with E-state index < -0.39 is 17.4 Å². The van der Waals surface area contributed by atoms with Crippen molar-refractivity contribution in [3.05, 3.63) is 204 Å². The molecule has 2 heterocycles. The van der Waals surface area contributed by atoms with Crippen LogP contribution in [0, 0.1) is 0 Å². The highest BCUT2D eigenvalue weighted by molar-refractivity contribution is 7.20. The number of rotatable bonds is 14. The van der Waals surface area contributed by atoms with E-state index in [1.807, 2.05) is 36.4 Å². The van der Waals surface area contributed by atoms with Crippen LogP contribution in [0.25, 0.3) is 75.4 Å². The smallest absolute Gasteiger partial charge is 0.330 e. The van der Waals surface area contributed by atoms with Gasteiger partial charge >= 0.3 is 11.9 Å². The minimum atomic E-state index is -0.766. The first-order valence-corrected chi connectivity index (χ1v) is 23.5. The highest BCUT2D eigenvalue weighted by Crippen LogP contribution is 2.58. The van der Waals surface area contributed by atoms with Gasteiger partial charge in [0.2, 0.25) is 0 Å². The molecule has 0 saturated carbocycles. The predicted molar refractivity (Wildman–Crippen MR) is 269 cm³/mol. The molecule has 11 rings (SSSR count). The maximum absolute atomic E-state index is 11.6. The Kier molecular flexibility index (Phi) is 10.9. The molecule has 0 radical (unpaired) electrons. The van der Waals surface area contributed by atoms with Gasteiger partial charge in [-0.15, -0.1) is 22.7 Å². The van der Waals surface area contributed by atoms with Gasteiger partial charge < -0.3 is 18.9 Å². The largest absolute Gasteiger partial charge is 0.489 e. The standard InChI is InChI=1S/C57H40N2O6S2/c1-3-53(60)64-31-29-62-49-27-23-37(39-13-5-7-17-43(39)49)35-21-25-47-51(33-35)66-55(58-47)57(45-19-11-9-15-41(45)42-16-10-12-20-46(42)57)56-59-48-26-22-36(34-52(48)67-56)38-24-28-50(44-18-8-6-14-40(38)44)63-30-32-65-54(61)4-2/h3-28,33-34H,1-2,29-32H2. The topological polar surface area (TPSA) is 96.8 Å². The molecule has 0 N–H and O–H groups in total. The summed E-state index contributed by atoms with van der Waals surface area (Å²) in [6.45, 7) is 7.63. The van der Waals surface area contributed by atoms with Gasteiger partial charge in [0, 0.05) is 22.9 Å². The SMILES string of the molecule is C=CC(=O)OCCOc1ccc(-c2ccc3nc(C4(c5nc6ccc(-c7ccc(OCCOC(=O)C=C)c8ccccc78)cc6s5)c5ccccc5-c5ccccc54)sc3c2)c2ccccc12. The van der Waals surface area contributed by atoms with Crippen molar-refractivity contribution >= 4 is 76.6 Å². The van der Waals surface area contributed by atoms with Gasteiger partial charge in [0.25, 0.3) is 0 Å². The monoisotopic (exact) mass is 912 g/mol. The molecule has 0 spiro atoms. The normalized spacial score (nSPS) is 12.5.